The van der Waals surface area contributed by atoms with Gasteiger partial charge in [0.15, 0.2) is 0 Å². The van der Waals surface area contributed by atoms with Crippen LogP contribution in [0.25, 0.3) is 0 Å². The molecule has 3 nitrogen and oxygen atoms in total. The topological polar surface area (TPSA) is 38.3 Å². The van der Waals surface area contributed by atoms with E-state index in [-0.39, 0.29) is 11.9 Å². The van der Waals surface area contributed by atoms with Crippen LogP contribution in [0.2, 0.25) is 5.02 Å². The molecule has 0 heterocycles. The minimum Gasteiger partial charge on any atom is -0.494 e. The fourth-order valence-electron chi connectivity index (χ4n) is 2.01. The lowest BCUT2D eigenvalue weighted by Crippen LogP contribution is -2.26. The van der Waals surface area contributed by atoms with E-state index in [2.05, 4.69) is 5.32 Å². The number of nitrogens with one attached hydrogen (secondary N) is 1. The number of ether oxygens (including phenoxy) is 1. The Labute approximate surface area is 129 Å². The molecule has 0 aliphatic carbocycles. The molecule has 0 aromatic heterocycles. The predicted molar refractivity (Wildman–Crippen MR) is 84.9 cm³/mol. The lowest BCUT2D eigenvalue weighted by Gasteiger charge is -2.15. The van der Waals surface area contributed by atoms with Crippen molar-refractivity contribution in [2.24, 2.45) is 0 Å². The fraction of sp³-hybridized carbons (Fsp3) is 0.235. The lowest BCUT2D eigenvalue weighted by atomic mass is 10.1. The number of amides is 1. The molecule has 2 aromatic carbocycles. The average Bonchev–Trinajstić information content (AvgIpc) is 2.48. The van der Waals surface area contributed by atoms with Crippen LogP contribution in [0.15, 0.2) is 48.5 Å². The van der Waals surface area contributed by atoms with Gasteiger partial charge in [-0.3, -0.25) is 4.79 Å². The Morgan fingerprint density at radius 2 is 1.95 bits per heavy atom. The van der Waals surface area contributed by atoms with Crippen molar-refractivity contribution >= 4 is 17.5 Å². The van der Waals surface area contributed by atoms with Crippen LogP contribution in [0.4, 0.5) is 0 Å². The quantitative estimate of drug-likeness (QED) is 0.897. The third-order valence-electron chi connectivity index (χ3n) is 3.13. The first-order valence-electron chi connectivity index (χ1n) is 6.89. The first-order chi connectivity index (χ1) is 10.1. The molecule has 2 rings (SSSR count). The summed E-state index contributed by atoms with van der Waals surface area (Å²) in [5, 5.41) is 3.50. The Morgan fingerprint density at radius 3 is 2.57 bits per heavy atom. The first kappa shape index (κ1) is 15.4. The molecule has 0 aliphatic rings. The van der Waals surface area contributed by atoms with Crippen LogP contribution in [0.5, 0.6) is 5.75 Å². The second-order valence-electron chi connectivity index (χ2n) is 4.71. The van der Waals surface area contributed by atoms with Crippen molar-refractivity contribution < 1.29 is 9.53 Å². The largest absolute Gasteiger partial charge is 0.494 e. The van der Waals surface area contributed by atoms with Crippen molar-refractivity contribution in [2.45, 2.75) is 19.9 Å². The van der Waals surface area contributed by atoms with Crippen LogP contribution >= 0.6 is 11.6 Å². The van der Waals surface area contributed by atoms with Crippen LogP contribution in [0.3, 0.4) is 0 Å². The molecule has 1 amide bonds. The zero-order valence-corrected chi connectivity index (χ0v) is 12.9. The average molecular weight is 304 g/mol. The van der Waals surface area contributed by atoms with Crippen molar-refractivity contribution in [1.82, 2.24) is 5.32 Å². The molecule has 0 aliphatic heterocycles. The van der Waals surface area contributed by atoms with E-state index in [0.29, 0.717) is 17.2 Å². The van der Waals surface area contributed by atoms with E-state index in [0.717, 1.165) is 11.3 Å². The normalized spacial score (nSPS) is 11.8. The molecular formula is C17H18ClNO2. The Bertz CT molecular complexity index is 610. The zero-order valence-electron chi connectivity index (χ0n) is 12.1. The smallest absolute Gasteiger partial charge is 0.251 e. The van der Waals surface area contributed by atoms with Crippen LogP contribution in [0, 0.1) is 0 Å². The summed E-state index contributed by atoms with van der Waals surface area (Å²) in [6, 6.07) is 14.5. The Kier molecular flexibility index (Phi) is 5.23. The summed E-state index contributed by atoms with van der Waals surface area (Å²) in [6.45, 7) is 4.53. The van der Waals surface area contributed by atoms with Gasteiger partial charge in [-0.2, -0.15) is 0 Å². The highest BCUT2D eigenvalue weighted by Crippen LogP contribution is 2.18. The highest BCUT2D eigenvalue weighted by Gasteiger charge is 2.11. The van der Waals surface area contributed by atoms with Crippen molar-refractivity contribution in [3.05, 3.63) is 64.7 Å². The summed E-state index contributed by atoms with van der Waals surface area (Å²) in [5.41, 5.74) is 1.58. The zero-order chi connectivity index (χ0) is 15.2. The summed E-state index contributed by atoms with van der Waals surface area (Å²) in [7, 11) is 0. The molecule has 0 saturated carbocycles. The molecule has 0 saturated heterocycles. The Hall–Kier alpha value is -2.00. The standard InChI is InChI=1S/C17H18ClNO2/c1-3-21-16-9-7-13(8-10-16)12(2)19-17(20)14-5-4-6-15(18)11-14/h4-12H,3H2,1-2H3,(H,19,20)/t12-/m0/s1. The van der Waals surface area contributed by atoms with E-state index in [1.165, 1.54) is 0 Å². The third-order valence-corrected chi connectivity index (χ3v) is 3.36. The van der Waals surface area contributed by atoms with Crippen LogP contribution in [-0.4, -0.2) is 12.5 Å². The molecule has 0 bridgehead atoms. The maximum Gasteiger partial charge on any atom is 0.251 e. The van der Waals surface area contributed by atoms with Gasteiger partial charge in [0.25, 0.3) is 5.91 Å². The number of benzene rings is 2. The first-order valence-corrected chi connectivity index (χ1v) is 7.27. The molecule has 1 atom stereocenters. The molecule has 1 N–H and O–H groups in total. The van der Waals surface area contributed by atoms with Crippen molar-refractivity contribution in [1.29, 1.82) is 0 Å². The van der Waals surface area contributed by atoms with E-state index < -0.39 is 0 Å². The maximum atomic E-state index is 12.2. The molecule has 0 fully saturated rings. The molecule has 2 aromatic rings. The fourth-order valence-corrected chi connectivity index (χ4v) is 2.20. The van der Waals surface area contributed by atoms with Gasteiger partial charge in [-0.1, -0.05) is 29.8 Å². The van der Waals surface area contributed by atoms with E-state index in [4.69, 9.17) is 16.3 Å². The van der Waals surface area contributed by atoms with Gasteiger partial charge in [-0.05, 0) is 49.7 Å². The number of carbonyl (C=O) groups excluding carboxylic acids is 1. The molecule has 4 heteroatoms. The van der Waals surface area contributed by atoms with Gasteiger partial charge in [0.1, 0.15) is 5.75 Å². The van der Waals surface area contributed by atoms with Gasteiger partial charge in [0.05, 0.1) is 12.6 Å². The second kappa shape index (κ2) is 7.14. The lowest BCUT2D eigenvalue weighted by molar-refractivity contribution is 0.0940. The summed E-state index contributed by atoms with van der Waals surface area (Å²) in [5.74, 6) is 0.688. The van der Waals surface area contributed by atoms with E-state index >= 15 is 0 Å². The van der Waals surface area contributed by atoms with E-state index in [1.54, 1.807) is 24.3 Å². The monoisotopic (exact) mass is 303 g/mol. The third kappa shape index (κ3) is 4.23. The molecule has 0 spiro atoms. The van der Waals surface area contributed by atoms with Gasteiger partial charge in [0.2, 0.25) is 0 Å². The number of rotatable bonds is 5. The van der Waals surface area contributed by atoms with Crippen LogP contribution in [0.1, 0.15) is 35.8 Å². The van der Waals surface area contributed by atoms with E-state index in [9.17, 15) is 4.79 Å². The van der Waals surface area contributed by atoms with Crippen molar-refractivity contribution in [3.8, 4) is 5.75 Å². The summed E-state index contributed by atoms with van der Waals surface area (Å²) in [4.78, 5) is 12.2. The maximum absolute atomic E-state index is 12.2. The number of halogens is 1. The van der Waals surface area contributed by atoms with Gasteiger partial charge in [-0.15, -0.1) is 0 Å². The summed E-state index contributed by atoms with van der Waals surface area (Å²) in [6.07, 6.45) is 0. The number of hydrogen-bond acceptors (Lipinski definition) is 2. The SMILES string of the molecule is CCOc1ccc([C@H](C)NC(=O)c2cccc(Cl)c2)cc1. The molecule has 110 valence electrons. The van der Waals surface area contributed by atoms with Gasteiger partial charge in [-0.25, -0.2) is 0 Å². The molecular weight excluding hydrogens is 286 g/mol. The second-order valence-corrected chi connectivity index (χ2v) is 5.14. The van der Waals surface area contributed by atoms with Crippen LogP contribution in [-0.2, 0) is 0 Å². The van der Waals surface area contributed by atoms with Gasteiger partial charge in [0, 0.05) is 10.6 Å². The number of hydrogen-bond donors (Lipinski definition) is 1. The molecule has 0 unspecified atom stereocenters. The van der Waals surface area contributed by atoms with Crippen LogP contribution < -0.4 is 10.1 Å². The molecule has 21 heavy (non-hydrogen) atoms. The molecule has 0 radical (unpaired) electrons. The Balaban J connectivity index is 2.03. The van der Waals surface area contributed by atoms with Gasteiger partial charge >= 0.3 is 0 Å². The number of carbonyl (C=O) groups is 1. The highest BCUT2D eigenvalue weighted by atomic mass is 35.5. The highest BCUT2D eigenvalue weighted by molar-refractivity contribution is 6.30. The predicted octanol–water partition coefficient (Wildman–Crippen LogP) is 4.23. The summed E-state index contributed by atoms with van der Waals surface area (Å²) < 4.78 is 5.40. The van der Waals surface area contributed by atoms with Gasteiger partial charge < -0.3 is 10.1 Å². The van der Waals surface area contributed by atoms with Crippen molar-refractivity contribution in [3.63, 3.8) is 0 Å². The Morgan fingerprint density at radius 1 is 1.24 bits per heavy atom. The van der Waals surface area contributed by atoms with Crippen molar-refractivity contribution in [2.75, 3.05) is 6.61 Å². The minimum atomic E-state index is -0.140. The summed E-state index contributed by atoms with van der Waals surface area (Å²) >= 11 is 5.90. The van der Waals surface area contributed by atoms with E-state index in [1.807, 2.05) is 38.1 Å². The minimum absolute atomic E-state index is 0.0906.